The van der Waals surface area contributed by atoms with E-state index in [-0.39, 0.29) is 10.9 Å². The first-order chi connectivity index (χ1) is 3.42. The van der Waals surface area contributed by atoms with Crippen LogP contribution in [0.3, 0.4) is 0 Å². The molecule has 0 unspecified atom stereocenters. The Morgan fingerprint density at radius 1 is 1.50 bits per heavy atom. The number of hydrazine groups is 1. The maximum Gasteiger partial charge on any atom is 0.0253 e. The molecule has 0 rings (SSSR count). The van der Waals surface area contributed by atoms with Crippen molar-refractivity contribution in [1.82, 2.24) is 10.8 Å². The van der Waals surface area contributed by atoms with Crippen LogP contribution in [0, 0.1) is 5.21 Å². The SMILES string of the molecule is CC(C)(C)NN([O-])O. The van der Waals surface area contributed by atoms with Crippen molar-refractivity contribution in [3.63, 3.8) is 0 Å². The van der Waals surface area contributed by atoms with Crippen molar-refractivity contribution in [2.75, 3.05) is 0 Å². The van der Waals surface area contributed by atoms with Crippen LogP contribution in [-0.2, 0) is 0 Å². The van der Waals surface area contributed by atoms with Crippen LogP contribution in [0.1, 0.15) is 20.8 Å². The molecule has 0 saturated carbocycles. The first kappa shape index (κ1) is 7.84. The molecule has 0 aliphatic rings. The number of rotatable bonds is 1. The lowest BCUT2D eigenvalue weighted by Gasteiger charge is -2.30. The van der Waals surface area contributed by atoms with Gasteiger partial charge in [0.1, 0.15) is 0 Å². The number of hydrogen-bond acceptors (Lipinski definition) is 4. The summed E-state index contributed by atoms with van der Waals surface area (Å²) in [6.45, 7) is 5.32. The molecule has 0 atom stereocenters. The minimum Gasteiger partial charge on any atom is -0.748 e. The van der Waals surface area contributed by atoms with Gasteiger partial charge in [-0.2, -0.15) is 5.34 Å². The van der Waals surface area contributed by atoms with Gasteiger partial charge in [-0.3, -0.25) is 0 Å². The lowest BCUT2D eigenvalue weighted by Crippen LogP contribution is -2.44. The van der Waals surface area contributed by atoms with Crippen molar-refractivity contribution in [3.8, 4) is 0 Å². The van der Waals surface area contributed by atoms with Crippen LogP contribution in [0.4, 0.5) is 0 Å². The van der Waals surface area contributed by atoms with Crippen molar-refractivity contribution < 1.29 is 5.21 Å². The molecule has 4 nitrogen and oxygen atoms in total. The zero-order valence-corrected chi connectivity index (χ0v) is 5.30. The fourth-order valence-corrected chi connectivity index (χ4v) is 0.287. The Labute approximate surface area is 48.6 Å². The average Bonchev–Trinajstić information content (AvgIpc) is 1.21. The van der Waals surface area contributed by atoms with E-state index in [0.717, 1.165) is 0 Å². The lowest BCUT2D eigenvalue weighted by molar-refractivity contribution is -0.109. The fraction of sp³-hybridized carbons (Fsp3) is 1.00. The summed E-state index contributed by atoms with van der Waals surface area (Å²) in [5, 5.41) is 17.6. The van der Waals surface area contributed by atoms with E-state index in [4.69, 9.17) is 5.21 Å². The van der Waals surface area contributed by atoms with Gasteiger partial charge in [-0.25, -0.2) is 5.43 Å². The normalized spacial score (nSPS) is 12.8. The molecule has 0 fully saturated rings. The molecular weight excluding hydrogens is 108 g/mol. The highest BCUT2D eigenvalue weighted by Gasteiger charge is 2.07. The molecule has 0 heterocycles. The Morgan fingerprint density at radius 3 is 1.88 bits per heavy atom. The van der Waals surface area contributed by atoms with Crippen LogP contribution in [0.2, 0.25) is 0 Å². The van der Waals surface area contributed by atoms with E-state index in [0.29, 0.717) is 0 Å². The van der Waals surface area contributed by atoms with Gasteiger partial charge >= 0.3 is 0 Å². The molecule has 50 valence electrons. The summed E-state index contributed by atoms with van der Waals surface area (Å²) in [6, 6.07) is 0. The zero-order valence-electron chi connectivity index (χ0n) is 5.30. The molecule has 0 aromatic carbocycles. The largest absolute Gasteiger partial charge is 0.748 e. The smallest absolute Gasteiger partial charge is 0.0253 e. The van der Waals surface area contributed by atoms with Gasteiger partial charge in [-0.1, -0.05) is 0 Å². The van der Waals surface area contributed by atoms with E-state index in [2.05, 4.69) is 5.43 Å². The minimum atomic E-state index is -0.365. The summed E-state index contributed by atoms with van der Waals surface area (Å²) in [6.07, 6.45) is 0. The van der Waals surface area contributed by atoms with Crippen LogP contribution < -0.4 is 5.43 Å². The first-order valence-corrected chi connectivity index (χ1v) is 2.36. The summed E-state index contributed by atoms with van der Waals surface area (Å²) in [5.74, 6) is 0. The van der Waals surface area contributed by atoms with Crippen molar-refractivity contribution in [2.45, 2.75) is 26.3 Å². The van der Waals surface area contributed by atoms with Crippen molar-refractivity contribution in [3.05, 3.63) is 5.21 Å². The highest BCUT2D eigenvalue weighted by molar-refractivity contribution is 4.65. The average molecular weight is 119 g/mol. The van der Waals surface area contributed by atoms with Gasteiger partial charge in [0.15, 0.2) is 0 Å². The van der Waals surface area contributed by atoms with Gasteiger partial charge < -0.3 is 10.4 Å². The molecule has 4 heteroatoms. The minimum absolute atomic E-state index is 0.292. The van der Waals surface area contributed by atoms with Gasteiger partial charge in [0.2, 0.25) is 0 Å². The van der Waals surface area contributed by atoms with Crippen molar-refractivity contribution in [1.29, 1.82) is 0 Å². The third kappa shape index (κ3) is 5.84. The van der Waals surface area contributed by atoms with Gasteiger partial charge in [0, 0.05) is 5.54 Å². The van der Waals surface area contributed by atoms with E-state index in [1.54, 1.807) is 20.8 Å². The number of hydrogen-bond donors (Lipinski definition) is 2. The summed E-state index contributed by atoms with van der Waals surface area (Å²) < 4.78 is 0. The molecule has 0 aliphatic carbocycles. The number of nitrogens with zero attached hydrogens (tertiary/aromatic N) is 1. The van der Waals surface area contributed by atoms with Crippen LogP contribution >= 0.6 is 0 Å². The van der Waals surface area contributed by atoms with E-state index >= 15 is 0 Å². The Balaban J connectivity index is 3.39. The molecule has 8 heavy (non-hydrogen) atoms. The van der Waals surface area contributed by atoms with Gasteiger partial charge in [-0.15, -0.1) is 0 Å². The quantitative estimate of drug-likeness (QED) is 0.493. The van der Waals surface area contributed by atoms with Crippen LogP contribution in [0.15, 0.2) is 0 Å². The Morgan fingerprint density at radius 2 is 1.88 bits per heavy atom. The maximum absolute atomic E-state index is 9.82. The second kappa shape index (κ2) is 2.41. The standard InChI is InChI=1S/C4H11N2O2/c1-4(2,3)5-6(7)8/h5,7H,1-3H3/q-1. The third-order valence-corrected chi connectivity index (χ3v) is 0.431. The monoisotopic (exact) mass is 119 g/mol. The Kier molecular flexibility index (Phi) is 2.36. The Hall–Kier alpha value is -0.160. The van der Waals surface area contributed by atoms with Crippen molar-refractivity contribution in [2.24, 2.45) is 0 Å². The second-order valence-electron chi connectivity index (χ2n) is 2.63. The maximum atomic E-state index is 9.82. The van der Waals surface area contributed by atoms with Gasteiger partial charge in [0.25, 0.3) is 0 Å². The molecule has 0 spiro atoms. The van der Waals surface area contributed by atoms with Crippen LogP contribution in [0.25, 0.3) is 0 Å². The number of nitrogens with one attached hydrogen (secondary N) is 1. The lowest BCUT2D eigenvalue weighted by atomic mass is 10.1. The first-order valence-electron chi connectivity index (χ1n) is 2.36. The molecule has 0 radical (unpaired) electrons. The summed E-state index contributed by atoms with van der Waals surface area (Å²) >= 11 is 0. The van der Waals surface area contributed by atoms with E-state index in [1.165, 1.54) is 0 Å². The molecule has 0 bridgehead atoms. The van der Waals surface area contributed by atoms with Gasteiger partial charge in [0.05, 0.1) is 0 Å². The molecule has 0 saturated heterocycles. The fourth-order valence-electron chi connectivity index (χ4n) is 0.287. The molecule has 0 amide bonds. The highest BCUT2D eigenvalue weighted by atomic mass is 16.8. The van der Waals surface area contributed by atoms with Crippen LogP contribution in [0.5, 0.6) is 0 Å². The molecule has 0 aromatic rings. The predicted molar refractivity (Wildman–Crippen MR) is 29.9 cm³/mol. The summed E-state index contributed by atoms with van der Waals surface area (Å²) in [4.78, 5) is 0. The van der Waals surface area contributed by atoms with E-state index in [1.807, 2.05) is 0 Å². The van der Waals surface area contributed by atoms with Gasteiger partial charge in [-0.05, 0) is 20.8 Å². The predicted octanol–water partition coefficient (Wildman–Crippen LogP) is 0.479. The van der Waals surface area contributed by atoms with Crippen LogP contribution in [-0.4, -0.2) is 16.1 Å². The van der Waals surface area contributed by atoms with Crippen molar-refractivity contribution >= 4 is 0 Å². The molecule has 0 aliphatic heterocycles. The topological polar surface area (TPSA) is 58.6 Å². The third-order valence-electron chi connectivity index (χ3n) is 0.431. The zero-order chi connectivity index (χ0) is 6.78. The van der Waals surface area contributed by atoms with E-state index in [9.17, 15) is 5.21 Å². The highest BCUT2D eigenvalue weighted by Crippen LogP contribution is 1.97. The Bertz CT molecular complexity index is 66.9. The van der Waals surface area contributed by atoms with E-state index < -0.39 is 0 Å². The second-order valence-corrected chi connectivity index (χ2v) is 2.63. The molecular formula is C4H11N2O2-. The molecule has 0 aromatic heterocycles. The summed E-state index contributed by atoms with van der Waals surface area (Å²) in [7, 11) is 0. The molecule has 2 N–H and O–H groups in total. The summed E-state index contributed by atoms with van der Waals surface area (Å²) in [5.41, 5.74) is 1.85.